The van der Waals surface area contributed by atoms with Crippen LogP contribution in [0.3, 0.4) is 0 Å². The van der Waals surface area contributed by atoms with E-state index in [1.807, 2.05) is 34.6 Å². The van der Waals surface area contributed by atoms with Gasteiger partial charge >= 0.3 is 5.97 Å². The molecular weight excluding hydrogens is 192 g/mol. The summed E-state index contributed by atoms with van der Waals surface area (Å²) < 4.78 is 5.41. The molecule has 0 amide bonds. The number of aliphatic hydroxyl groups is 1. The second-order valence-electron chi connectivity index (χ2n) is 5.02. The van der Waals surface area contributed by atoms with E-state index in [4.69, 9.17) is 4.74 Å². The lowest BCUT2D eigenvalue weighted by atomic mass is 9.85. The molecule has 0 rings (SSSR count). The third-order valence-corrected chi connectivity index (χ3v) is 2.56. The fourth-order valence-corrected chi connectivity index (χ4v) is 1.25. The van der Waals surface area contributed by atoms with Gasteiger partial charge in [0.2, 0.25) is 0 Å². The maximum Gasteiger partial charge on any atom is 0.308 e. The molecule has 0 bridgehead atoms. The first-order valence-electron chi connectivity index (χ1n) is 5.66. The first-order valence-corrected chi connectivity index (χ1v) is 5.66. The zero-order valence-electron chi connectivity index (χ0n) is 10.5. The fraction of sp³-hybridized carbons (Fsp3) is 0.917. The Kier molecular flexibility index (Phi) is 5.88. The molecule has 0 aliphatic rings. The van der Waals surface area contributed by atoms with E-state index in [0.717, 1.165) is 12.8 Å². The van der Waals surface area contributed by atoms with Crippen LogP contribution in [-0.4, -0.2) is 23.8 Å². The molecule has 0 fully saturated rings. The highest BCUT2D eigenvalue weighted by Gasteiger charge is 2.31. The summed E-state index contributed by atoms with van der Waals surface area (Å²) in [6, 6.07) is 0. The molecule has 3 heteroatoms. The predicted molar refractivity (Wildman–Crippen MR) is 60.5 cm³/mol. The number of rotatable bonds is 6. The topological polar surface area (TPSA) is 46.5 Å². The molecule has 0 aromatic heterocycles. The van der Waals surface area contributed by atoms with E-state index in [2.05, 4.69) is 0 Å². The molecule has 1 N–H and O–H groups in total. The predicted octanol–water partition coefficient (Wildman–Crippen LogP) is 2.37. The molecule has 0 aromatic rings. The second-order valence-corrected chi connectivity index (χ2v) is 5.02. The van der Waals surface area contributed by atoms with Crippen molar-refractivity contribution in [2.45, 2.75) is 53.6 Å². The zero-order valence-corrected chi connectivity index (χ0v) is 10.5. The van der Waals surface area contributed by atoms with Gasteiger partial charge in [0.15, 0.2) is 0 Å². The molecular formula is C12H24O3. The number of ether oxygens (including phenoxy) is 1. The Bertz CT molecular complexity index is 197. The van der Waals surface area contributed by atoms with Crippen LogP contribution in [0.15, 0.2) is 0 Å². The van der Waals surface area contributed by atoms with Crippen molar-refractivity contribution in [3.8, 4) is 0 Å². The van der Waals surface area contributed by atoms with Gasteiger partial charge < -0.3 is 9.84 Å². The average Bonchev–Trinajstić information content (AvgIpc) is 2.16. The van der Waals surface area contributed by atoms with Gasteiger partial charge in [0.1, 0.15) is 6.10 Å². The van der Waals surface area contributed by atoms with Crippen molar-refractivity contribution in [1.82, 2.24) is 0 Å². The van der Waals surface area contributed by atoms with Crippen LogP contribution in [0.4, 0.5) is 0 Å². The summed E-state index contributed by atoms with van der Waals surface area (Å²) in [5, 5.41) is 9.25. The van der Waals surface area contributed by atoms with Gasteiger partial charge in [-0.05, 0) is 6.42 Å². The van der Waals surface area contributed by atoms with Gasteiger partial charge in [0.25, 0.3) is 0 Å². The standard InChI is InChI=1S/C12H24O3/c1-6-7-10(12(4,5)8-13)15-11(14)9(2)3/h9-10,13H,6-8H2,1-5H3. The smallest absolute Gasteiger partial charge is 0.308 e. The molecule has 0 aliphatic heterocycles. The second kappa shape index (κ2) is 6.11. The van der Waals surface area contributed by atoms with E-state index < -0.39 is 0 Å². The molecule has 0 spiro atoms. The summed E-state index contributed by atoms with van der Waals surface area (Å²) in [5.41, 5.74) is -0.361. The average molecular weight is 216 g/mol. The van der Waals surface area contributed by atoms with Crippen LogP contribution >= 0.6 is 0 Å². The monoisotopic (exact) mass is 216 g/mol. The van der Waals surface area contributed by atoms with E-state index >= 15 is 0 Å². The van der Waals surface area contributed by atoms with Crippen LogP contribution < -0.4 is 0 Å². The highest BCUT2D eigenvalue weighted by molar-refractivity contribution is 5.71. The quantitative estimate of drug-likeness (QED) is 0.693. The summed E-state index contributed by atoms with van der Waals surface area (Å²) in [6.07, 6.45) is 1.55. The van der Waals surface area contributed by atoms with Crippen molar-refractivity contribution in [1.29, 1.82) is 0 Å². The van der Waals surface area contributed by atoms with Gasteiger partial charge in [0.05, 0.1) is 12.5 Å². The maximum atomic E-state index is 11.5. The summed E-state index contributed by atoms with van der Waals surface area (Å²) in [5.74, 6) is -0.297. The van der Waals surface area contributed by atoms with Gasteiger partial charge in [-0.1, -0.05) is 41.0 Å². The Hall–Kier alpha value is -0.570. The zero-order chi connectivity index (χ0) is 12.1. The van der Waals surface area contributed by atoms with Crippen molar-refractivity contribution in [2.75, 3.05) is 6.61 Å². The minimum Gasteiger partial charge on any atom is -0.462 e. The Morgan fingerprint density at radius 1 is 1.40 bits per heavy atom. The molecule has 0 saturated carbocycles. The highest BCUT2D eigenvalue weighted by atomic mass is 16.5. The Morgan fingerprint density at radius 2 is 1.93 bits per heavy atom. The van der Waals surface area contributed by atoms with Crippen LogP contribution in [-0.2, 0) is 9.53 Å². The molecule has 0 radical (unpaired) electrons. The van der Waals surface area contributed by atoms with E-state index in [1.54, 1.807) is 0 Å². The Balaban J connectivity index is 4.47. The lowest BCUT2D eigenvalue weighted by Gasteiger charge is -2.32. The molecule has 1 atom stereocenters. The van der Waals surface area contributed by atoms with Crippen LogP contribution in [0.2, 0.25) is 0 Å². The normalized spacial score (nSPS) is 14.1. The SMILES string of the molecule is CCCC(OC(=O)C(C)C)C(C)(C)CO. The summed E-state index contributed by atoms with van der Waals surface area (Å²) >= 11 is 0. The third-order valence-electron chi connectivity index (χ3n) is 2.56. The number of carbonyl (C=O) groups is 1. The molecule has 90 valence electrons. The van der Waals surface area contributed by atoms with Crippen molar-refractivity contribution in [3.05, 3.63) is 0 Å². The van der Waals surface area contributed by atoms with Crippen molar-refractivity contribution in [3.63, 3.8) is 0 Å². The number of aliphatic hydroxyl groups excluding tert-OH is 1. The lowest BCUT2D eigenvalue weighted by Crippen LogP contribution is -2.37. The fourth-order valence-electron chi connectivity index (χ4n) is 1.25. The van der Waals surface area contributed by atoms with E-state index in [9.17, 15) is 9.90 Å². The summed E-state index contributed by atoms with van der Waals surface area (Å²) in [6.45, 7) is 9.54. The van der Waals surface area contributed by atoms with E-state index in [1.165, 1.54) is 0 Å². The van der Waals surface area contributed by atoms with E-state index in [-0.39, 0.29) is 30.0 Å². The number of hydrogen-bond donors (Lipinski definition) is 1. The first-order chi connectivity index (χ1) is 6.85. The highest BCUT2D eigenvalue weighted by Crippen LogP contribution is 2.27. The molecule has 3 nitrogen and oxygen atoms in total. The minimum absolute atomic E-state index is 0.0308. The van der Waals surface area contributed by atoms with Crippen LogP contribution in [0, 0.1) is 11.3 Å². The van der Waals surface area contributed by atoms with Crippen molar-refractivity contribution >= 4 is 5.97 Å². The molecule has 0 aromatic carbocycles. The van der Waals surface area contributed by atoms with Crippen LogP contribution in [0.25, 0.3) is 0 Å². The molecule has 0 saturated heterocycles. The molecule has 0 heterocycles. The van der Waals surface area contributed by atoms with Gasteiger partial charge in [-0.15, -0.1) is 0 Å². The van der Waals surface area contributed by atoms with Crippen molar-refractivity contribution < 1.29 is 14.6 Å². The van der Waals surface area contributed by atoms with E-state index in [0.29, 0.717) is 0 Å². The third kappa shape index (κ3) is 4.65. The number of carbonyl (C=O) groups excluding carboxylic acids is 1. The van der Waals surface area contributed by atoms with Gasteiger partial charge in [-0.3, -0.25) is 4.79 Å². The van der Waals surface area contributed by atoms with Gasteiger partial charge in [-0.2, -0.15) is 0 Å². The minimum atomic E-state index is -0.361. The molecule has 15 heavy (non-hydrogen) atoms. The van der Waals surface area contributed by atoms with Crippen LogP contribution in [0.1, 0.15) is 47.5 Å². The van der Waals surface area contributed by atoms with Gasteiger partial charge in [0, 0.05) is 5.41 Å². The number of esters is 1. The Labute approximate surface area is 92.8 Å². The molecule has 0 aliphatic carbocycles. The Morgan fingerprint density at radius 3 is 2.27 bits per heavy atom. The maximum absolute atomic E-state index is 11.5. The first kappa shape index (κ1) is 14.4. The van der Waals surface area contributed by atoms with Crippen LogP contribution in [0.5, 0.6) is 0 Å². The summed E-state index contributed by atoms with van der Waals surface area (Å²) in [7, 11) is 0. The summed E-state index contributed by atoms with van der Waals surface area (Å²) in [4.78, 5) is 11.5. The molecule has 1 unspecified atom stereocenters. The van der Waals surface area contributed by atoms with Gasteiger partial charge in [-0.25, -0.2) is 0 Å². The largest absolute Gasteiger partial charge is 0.462 e. The van der Waals surface area contributed by atoms with Crippen molar-refractivity contribution in [2.24, 2.45) is 11.3 Å². The number of hydrogen-bond acceptors (Lipinski definition) is 3. The lowest BCUT2D eigenvalue weighted by molar-refractivity contribution is -0.161.